The van der Waals surface area contributed by atoms with Crippen LogP contribution in [0.2, 0.25) is 0 Å². The van der Waals surface area contributed by atoms with Crippen LogP contribution in [-0.4, -0.2) is 56.4 Å². The molecule has 0 spiro atoms. The van der Waals surface area contributed by atoms with Gasteiger partial charge in [-0.05, 0) is 24.3 Å². The summed E-state index contributed by atoms with van der Waals surface area (Å²) in [5.74, 6) is 1.32. The highest BCUT2D eigenvalue weighted by Crippen LogP contribution is 2.30. The van der Waals surface area contributed by atoms with Crippen molar-refractivity contribution in [3.05, 3.63) is 48.2 Å². The van der Waals surface area contributed by atoms with Gasteiger partial charge in [0.15, 0.2) is 11.5 Å². The van der Waals surface area contributed by atoms with Crippen molar-refractivity contribution >= 4 is 28.4 Å². The number of anilines is 2. The average molecular weight is 394 g/mol. The van der Waals surface area contributed by atoms with Gasteiger partial charge in [0.05, 0.1) is 44.2 Å². The molecule has 1 fully saturated rings. The molecule has 0 radical (unpaired) electrons. The lowest BCUT2D eigenvalue weighted by Gasteiger charge is -2.29. The summed E-state index contributed by atoms with van der Waals surface area (Å²) in [6.45, 7) is 2.46. The molecule has 0 aliphatic carbocycles. The zero-order valence-corrected chi connectivity index (χ0v) is 16.3. The van der Waals surface area contributed by atoms with E-state index in [0.717, 1.165) is 5.52 Å². The maximum absolute atomic E-state index is 13.2. The van der Waals surface area contributed by atoms with Gasteiger partial charge in [0.1, 0.15) is 11.5 Å². The number of ether oxygens (including phenoxy) is 3. The van der Waals surface area contributed by atoms with Crippen LogP contribution in [0.3, 0.4) is 0 Å². The first kappa shape index (κ1) is 18.9. The molecule has 8 heteroatoms. The van der Waals surface area contributed by atoms with Gasteiger partial charge in [-0.1, -0.05) is 12.1 Å². The van der Waals surface area contributed by atoms with Crippen LogP contribution in [0.15, 0.2) is 42.5 Å². The van der Waals surface area contributed by atoms with Crippen LogP contribution in [0.1, 0.15) is 10.5 Å². The number of carbonyl (C=O) groups is 1. The number of nitrogens with zero attached hydrogens (tertiary/aromatic N) is 3. The summed E-state index contributed by atoms with van der Waals surface area (Å²) in [6.07, 6.45) is 0. The number of aromatic nitrogens is 2. The Morgan fingerprint density at radius 3 is 2.45 bits per heavy atom. The van der Waals surface area contributed by atoms with Crippen molar-refractivity contribution in [3.63, 3.8) is 0 Å². The van der Waals surface area contributed by atoms with Crippen LogP contribution in [-0.2, 0) is 4.74 Å². The molecule has 8 nitrogen and oxygen atoms in total. The minimum atomic E-state index is -0.365. The normalized spacial score (nSPS) is 13.9. The molecular weight excluding hydrogens is 372 g/mol. The third kappa shape index (κ3) is 3.93. The van der Waals surface area contributed by atoms with Crippen molar-refractivity contribution < 1.29 is 19.0 Å². The molecule has 3 aromatic rings. The lowest BCUT2D eigenvalue weighted by Crippen LogP contribution is -2.38. The molecule has 4 rings (SSSR count). The number of benzene rings is 2. The molecule has 1 amide bonds. The number of hydrogen-bond donors (Lipinski definition) is 1. The largest absolute Gasteiger partial charge is 0.497 e. The molecule has 150 valence electrons. The van der Waals surface area contributed by atoms with Crippen molar-refractivity contribution in [2.24, 2.45) is 0 Å². The fourth-order valence-corrected chi connectivity index (χ4v) is 3.23. The van der Waals surface area contributed by atoms with Gasteiger partial charge in [-0.3, -0.25) is 4.79 Å². The Balaban J connectivity index is 1.74. The van der Waals surface area contributed by atoms with E-state index in [1.165, 1.54) is 0 Å². The standard InChI is InChI=1S/C21H22N4O4/c1-27-14-7-8-18(28-2)17(13-14)24-21(26)19-20(25-9-11-29-12-10-25)23-16-6-4-3-5-15(16)22-19/h3-8,13H,9-12H2,1-2H3,(H,24,26). The van der Waals surface area contributed by atoms with E-state index < -0.39 is 0 Å². The minimum absolute atomic E-state index is 0.260. The van der Waals surface area contributed by atoms with E-state index in [9.17, 15) is 4.79 Å². The number of methoxy groups -OCH3 is 2. The minimum Gasteiger partial charge on any atom is -0.497 e. The first-order valence-electron chi connectivity index (χ1n) is 9.32. The zero-order valence-electron chi connectivity index (χ0n) is 16.3. The molecule has 1 aliphatic rings. The number of rotatable bonds is 5. The van der Waals surface area contributed by atoms with Crippen LogP contribution in [0.4, 0.5) is 11.5 Å². The summed E-state index contributed by atoms with van der Waals surface area (Å²) >= 11 is 0. The molecule has 29 heavy (non-hydrogen) atoms. The fraction of sp³-hybridized carbons (Fsp3) is 0.286. The van der Waals surface area contributed by atoms with Crippen molar-refractivity contribution in [2.75, 3.05) is 50.7 Å². The molecule has 0 saturated carbocycles. The Labute approximate surface area is 168 Å². The predicted molar refractivity (Wildman–Crippen MR) is 110 cm³/mol. The lowest BCUT2D eigenvalue weighted by atomic mass is 10.2. The Morgan fingerprint density at radius 1 is 1.03 bits per heavy atom. The SMILES string of the molecule is COc1ccc(OC)c(NC(=O)c2nc3ccccc3nc2N2CCOCC2)c1. The molecule has 0 bridgehead atoms. The molecule has 0 unspecified atom stereocenters. The van der Waals surface area contributed by atoms with Crippen LogP contribution in [0.25, 0.3) is 11.0 Å². The Kier molecular flexibility index (Phi) is 5.44. The van der Waals surface area contributed by atoms with Crippen molar-refractivity contribution in [1.82, 2.24) is 9.97 Å². The summed E-state index contributed by atoms with van der Waals surface area (Å²) in [5, 5.41) is 2.89. The third-order valence-electron chi connectivity index (χ3n) is 4.73. The number of morpholine rings is 1. The van der Waals surface area contributed by atoms with Gasteiger partial charge in [0.25, 0.3) is 5.91 Å². The number of hydrogen-bond acceptors (Lipinski definition) is 7. The van der Waals surface area contributed by atoms with Crippen molar-refractivity contribution in [3.8, 4) is 11.5 Å². The maximum atomic E-state index is 13.2. The van der Waals surface area contributed by atoms with E-state index in [2.05, 4.69) is 10.3 Å². The van der Waals surface area contributed by atoms with E-state index in [1.54, 1.807) is 32.4 Å². The van der Waals surface area contributed by atoms with Gasteiger partial charge in [-0.25, -0.2) is 9.97 Å². The molecule has 2 aromatic carbocycles. The summed E-state index contributed by atoms with van der Waals surface area (Å²) < 4.78 is 16.1. The number of para-hydroxylation sites is 2. The number of fused-ring (bicyclic) bond motifs is 1. The first-order valence-corrected chi connectivity index (χ1v) is 9.32. The second-order valence-electron chi connectivity index (χ2n) is 6.50. The Hall–Kier alpha value is -3.39. The molecule has 2 heterocycles. The average Bonchev–Trinajstić information content (AvgIpc) is 2.78. The molecule has 1 N–H and O–H groups in total. The van der Waals surface area contributed by atoms with Gasteiger partial charge >= 0.3 is 0 Å². The van der Waals surface area contributed by atoms with E-state index >= 15 is 0 Å². The van der Waals surface area contributed by atoms with Crippen LogP contribution < -0.4 is 19.7 Å². The first-order chi connectivity index (χ1) is 14.2. The van der Waals surface area contributed by atoms with Crippen LogP contribution >= 0.6 is 0 Å². The van der Waals surface area contributed by atoms with Crippen LogP contribution in [0, 0.1) is 0 Å². The van der Waals surface area contributed by atoms with Gasteiger partial charge in [-0.15, -0.1) is 0 Å². The summed E-state index contributed by atoms with van der Waals surface area (Å²) in [4.78, 5) is 24.6. The summed E-state index contributed by atoms with van der Waals surface area (Å²) in [6, 6.07) is 12.7. The fourth-order valence-electron chi connectivity index (χ4n) is 3.23. The van der Waals surface area contributed by atoms with Gasteiger partial charge in [0, 0.05) is 19.2 Å². The summed E-state index contributed by atoms with van der Waals surface area (Å²) in [5.41, 5.74) is 2.16. The Bertz CT molecular complexity index is 1030. The molecular formula is C21H22N4O4. The zero-order chi connectivity index (χ0) is 20.2. The predicted octanol–water partition coefficient (Wildman–Crippen LogP) is 2.74. The Morgan fingerprint density at radius 2 is 1.76 bits per heavy atom. The van der Waals surface area contributed by atoms with Gasteiger partial charge in [0.2, 0.25) is 0 Å². The van der Waals surface area contributed by atoms with Gasteiger partial charge < -0.3 is 24.4 Å². The molecule has 0 atom stereocenters. The number of amides is 1. The third-order valence-corrected chi connectivity index (χ3v) is 4.73. The highest BCUT2D eigenvalue weighted by molar-refractivity contribution is 6.08. The van der Waals surface area contributed by atoms with E-state index in [0.29, 0.717) is 54.8 Å². The topological polar surface area (TPSA) is 85.8 Å². The van der Waals surface area contributed by atoms with E-state index in [4.69, 9.17) is 19.2 Å². The highest BCUT2D eigenvalue weighted by atomic mass is 16.5. The van der Waals surface area contributed by atoms with Crippen LogP contribution in [0.5, 0.6) is 11.5 Å². The van der Waals surface area contributed by atoms with Crippen molar-refractivity contribution in [2.45, 2.75) is 0 Å². The van der Waals surface area contributed by atoms with Gasteiger partial charge in [-0.2, -0.15) is 0 Å². The number of nitrogens with one attached hydrogen (secondary N) is 1. The second-order valence-corrected chi connectivity index (χ2v) is 6.50. The molecule has 1 saturated heterocycles. The quantitative estimate of drug-likeness (QED) is 0.712. The molecule has 1 aliphatic heterocycles. The monoisotopic (exact) mass is 394 g/mol. The second kappa shape index (κ2) is 8.32. The highest BCUT2D eigenvalue weighted by Gasteiger charge is 2.24. The van der Waals surface area contributed by atoms with E-state index in [-0.39, 0.29) is 11.6 Å². The number of carbonyl (C=O) groups excluding carboxylic acids is 1. The smallest absolute Gasteiger partial charge is 0.278 e. The maximum Gasteiger partial charge on any atom is 0.278 e. The molecule has 1 aromatic heterocycles. The lowest BCUT2D eigenvalue weighted by molar-refractivity contribution is 0.101. The van der Waals surface area contributed by atoms with E-state index in [1.807, 2.05) is 29.2 Å². The summed E-state index contributed by atoms with van der Waals surface area (Å²) in [7, 11) is 3.12. The van der Waals surface area contributed by atoms with Crippen molar-refractivity contribution in [1.29, 1.82) is 0 Å².